The molecule has 10 nitrogen and oxygen atoms in total. The first-order valence-corrected chi connectivity index (χ1v) is 17.8. The number of nitrogens with zero attached hydrogens (tertiary/aromatic N) is 2. The number of carbonyl (C=O) groups excluding carboxylic acids is 4. The van der Waals surface area contributed by atoms with Gasteiger partial charge in [0.1, 0.15) is 0 Å². The van der Waals surface area contributed by atoms with E-state index >= 15 is 0 Å². The first-order valence-electron chi connectivity index (χ1n) is 16.7. The van der Waals surface area contributed by atoms with Crippen molar-refractivity contribution in [3.05, 3.63) is 46.8 Å². The molecule has 2 unspecified atom stereocenters. The number of aryl methyl sites for hydroxylation is 2. The summed E-state index contributed by atoms with van der Waals surface area (Å²) in [5.74, 6) is 0.0861. The van der Waals surface area contributed by atoms with Gasteiger partial charge in [-0.2, -0.15) is 0 Å². The van der Waals surface area contributed by atoms with Crippen molar-refractivity contribution in [2.75, 3.05) is 34.6 Å². The van der Waals surface area contributed by atoms with Crippen LogP contribution in [-0.4, -0.2) is 58.6 Å². The molecular formula is C37H40Cl2N4O6. The zero-order valence-corrected chi connectivity index (χ0v) is 30.0. The van der Waals surface area contributed by atoms with Gasteiger partial charge >= 0.3 is 11.9 Å². The Balaban J connectivity index is 1.23. The van der Waals surface area contributed by atoms with Crippen LogP contribution in [0.25, 0.3) is 21.8 Å². The fraction of sp³-hybridized carbons (Fsp3) is 0.459. The molecule has 3 aliphatic rings. The van der Waals surface area contributed by atoms with Crippen molar-refractivity contribution in [1.82, 2.24) is 9.97 Å². The molecule has 0 bridgehead atoms. The van der Waals surface area contributed by atoms with Gasteiger partial charge in [0.15, 0.2) is 11.5 Å². The summed E-state index contributed by atoms with van der Waals surface area (Å²) in [5.41, 5.74) is 5.07. The number of hydrogen-bond acceptors (Lipinski definition) is 6. The van der Waals surface area contributed by atoms with E-state index in [4.69, 9.17) is 32.7 Å². The third-order valence-corrected chi connectivity index (χ3v) is 11.7. The van der Waals surface area contributed by atoms with E-state index in [1.54, 1.807) is 21.9 Å². The number of ether oxygens (including phenoxy) is 2. The van der Waals surface area contributed by atoms with Crippen molar-refractivity contribution in [2.24, 2.45) is 10.8 Å². The summed E-state index contributed by atoms with van der Waals surface area (Å²) in [4.78, 5) is 63.4. The summed E-state index contributed by atoms with van der Waals surface area (Å²) in [5, 5.41) is 1.82. The minimum absolute atomic E-state index is 0.0577. The number of amides is 2. The summed E-state index contributed by atoms with van der Waals surface area (Å²) in [6.45, 7) is 11.4. The van der Waals surface area contributed by atoms with Crippen LogP contribution in [0, 0.1) is 24.7 Å². The number of carbonyl (C=O) groups is 4. The molecule has 7 rings (SSSR count). The summed E-state index contributed by atoms with van der Waals surface area (Å²) in [7, 11) is 0. The molecule has 1 fully saturated rings. The van der Waals surface area contributed by atoms with Crippen LogP contribution in [0.4, 0.5) is 11.4 Å². The lowest BCUT2D eigenvalue weighted by molar-refractivity contribution is -0.153. The molecule has 12 heteroatoms. The Labute approximate surface area is 294 Å². The van der Waals surface area contributed by atoms with Crippen molar-refractivity contribution >= 4 is 80.1 Å². The highest BCUT2D eigenvalue weighted by Crippen LogP contribution is 2.61. The molecule has 1 saturated carbocycles. The summed E-state index contributed by atoms with van der Waals surface area (Å²) < 4.78 is 11.2. The topological polar surface area (TPSA) is 125 Å². The second-order valence-electron chi connectivity index (χ2n) is 14.3. The normalized spacial score (nSPS) is 24.2. The number of aromatic amines is 2. The Bertz CT molecular complexity index is 2080. The van der Waals surface area contributed by atoms with Crippen molar-refractivity contribution in [2.45, 2.75) is 72.6 Å². The fourth-order valence-corrected chi connectivity index (χ4v) is 9.39. The Morgan fingerprint density at radius 1 is 0.796 bits per heavy atom. The molecule has 2 amide bonds. The van der Waals surface area contributed by atoms with Crippen LogP contribution < -0.4 is 19.3 Å². The Hall–Kier alpha value is -4.02. The van der Waals surface area contributed by atoms with Crippen LogP contribution in [0.2, 0.25) is 0 Å². The van der Waals surface area contributed by atoms with E-state index in [-0.39, 0.29) is 23.7 Å². The molecule has 0 spiro atoms. The van der Waals surface area contributed by atoms with E-state index < -0.39 is 22.8 Å². The van der Waals surface area contributed by atoms with E-state index in [1.807, 2.05) is 40.1 Å². The number of fused-ring (bicyclic) bond motifs is 6. The lowest BCUT2D eigenvalue weighted by Crippen LogP contribution is -2.60. The van der Waals surface area contributed by atoms with Crippen molar-refractivity contribution in [3.63, 3.8) is 0 Å². The monoisotopic (exact) mass is 706 g/mol. The molecule has 2 atom stereocenters. The standard InChI is InChI=1S/C37H40Cl2N4O6/c1-7-37(35(47)43-15-23(11-39)31-25(43)9-27(49-21(5)45)33-29(31)19(3)13-41-33)16-36(6,17-37)34(46)42-14-22(10-38)30-24(42)8-26(48-20(4)44)32-28(30)18(2)12-40-32/h8-9,12-13,22-23,40-41H,7,10-11,14-17H2,1-6H3. The molecule has 49 heavy (non-hydrogen) atoms. The Morgan fingerprint density at radius 3 is 1.61 bits per heavy atom. The molecule has 2 aromatic heterocycles. The number of anilines is 2. The second kappa shape index (κ2) is 11.8. The van der Waals surface area contributed by atoms with Gasteiger partial charge in [0.25, 0.3) is 0 Å². The number of rotatable bonds is 7. The van der Waals surface area contributed by atoms with Crippen LogP contribution in [0.5, 0.6) is 11.5 Å². The van der Waals surface area contributed by atoms with Gasteiger partial charge in [0.05, 0.1) is 27.8 Å². The zero-order chi connectivity index (χ0) is 35.2. The van der Waals surface area contributed by atoms with Gasteiger partial charge in [-0.15, -0.1) is 23.2 Å². The first kappa shape index (κ1) is 33.5. The van der Waals surface area contributed by atoms with Gasteiger partial charge < -0.3 is 29.2 Å². The van der Waals surface area contributed by atoms with E-state index in [2.05, 4.69) is 9.97 Å². The minimum Gasteiger partial charge on any atom is -0.424 e. The second-order valence-corrected chi connectivity index (χ2v) is 14.9. The van der Waals surface area contributed by atoms with Gasteiger partial charge in [-0.25, -0.2) is 0 Å². The van der Waals surface area contributed by atoms with Crippen molar-refractivity contribution < 1.29 is 28.7 Å². The van der Waals surface area contributed by atoms with Crippen LogP contribution in [0.3, 0.4) is 0 Å². The molecule has 258 valence electrons. The average molecular weight is 708 g/mol. The number of aromatic nitrogens is 2. The highest BCUT2D eigenvalue weighted by Gasteiger charge is 2.62. The lowest BCUT2D eigenvalue weighted by atomic mass is 9.51. The first-order chi connectivity index (χ1) is 23.3. The number of H-pyrrole nitrogens is 2. The number of alkyl halides is 2. The van der Waals surface area contributed by atoms with E-state index in [9.17, 15) is 19.2 Å². The zero-order valence-electron chi connectivity index (χ0n) is 28.5. The highest BCUT2D eigenvalue weighted by atomic mass is 35.5. The molecular weight excluding hydrogens is 667 g/mol. The van der Waals surface area contributed by atoms with E-state index in [1.165, 1.54) is 13.8 Å². The molecule has 0 saturated heterocycles. The number of esters is 2. The van der Waals surface area contributed by atoms with Crippen LogP contribution >= 0.6 is 23.2 Å². The van der Waals surface area contributed by atoms with Crippen molar-refractivity contribution in [3.8, 4) is 11.5 Å². The smallest absolute Gasteiger partial charge is 0.308 e. The Morgan fingerprint density at radius 2 is 1.22 bits per heavy atom. The molecule has 4 aromatic rings. The largest absolute Gasteiger partial charge is 0.424 e. The van der Waals surface area contributed by atoms with Gasteiger partial charge in [-0.05, 0) is 55.4 Å². The highest BCUT2D eigenvalue weighted by molar-refractivity contribution is 6.20. The third-order valence-electron chi connectivity index (χ3n) is 11.0. The number of halogens is 2. The van der Waals surface area contributed by atoms with Crippen molar-refractivity contribution in [1.29, 1.82) is 0 Å². The summed E-state index contributed by atoms with van der Waals surface area (Å²) in [6, 6.07) is 3.53. The SMILES string of the molecule is CCC1(C(=O)N2CC(CCl)c3c2cc(OC(C)=O)c2[nH]cc(C)c32)CC(C)(C(=O)N2CC(CCl)c3c2cc(OC(C)=O)c2[nH]cc(C)c32)C1. The van der Waals surface area contributed by atoms with Gasteiger partial charge in [0, 0.05) is 91.2 Å². The summed E-state index contributed by atoms with van der Waals surface area (Å²) in [6.07, 6.45) is 5.02. The van der Waals surface area contributed by atoms with Gasteiger partial charge in [-0.3, -0.25) is 19.2 Å². The molecule has 4 heterocycles. The van der Waals surface area contributed by atoms with Crippen LogP contribution in [-0.2, 0) is 19.2 Å². The maximum absolute atomic E-state index is 14.7. The van der Waals surface area contributed by atoms with Crippen LogP contribution in [0.1, 0.15) is 81.0 Å². The lowest BCUT2D eigenvalue weighted by Gasteiger charge is -2.54. The predicted molar refractivity (Wildman–Crippen MR) is 190 cm³/mol. The molecule has 2 aliphatic heterocycles. The quantitative estimate of drug-likeness (QED) is 0.118. The van der Waals surface area contributed by atoms with Gasteiger partial charge in [-0.1, -0.05) is 13.8 Å². The number of hydrogen-bond donors (Lipinski definition) is 2. The fourth-order valence-electron chi connectivity index (χ4n) is 8.89. The molecule has 2 aromatic carbocycles. The van der Waals surface area contributed by atoms with Gasteiger partial charge in [0.2, 0.25) is 11.8 Å². The van der Waals surface area contributed by atoms with E-state index in [0.29, 0.717) is 78.0 Å². The Kier molecular flexibility index (Phi) is 8.06. The predicted octanol–water partition coefficient (Wildman–Crippen LogP) is 7.35. The molecule has 0 radical (unpaired) electrons. The maximum Gasteiger partial charge on any atom is 0.308 e. The maximum atomic E-state index is 14.7. The molecule has 1 aliphatic carbocycles. The number of benzene rings is 2. The third kappa shape index (κ3) is 4.96. The summed E-state index contributed by atoms with van der Waals surface area (Å²) >= 11 is 13.0. The van der Waals surface area contributed by atoms with E-state index in [0.717, 1.165) is 33.0 Å². The number of nitrogens with one attached hydrogen (secondary N) is 2. The average Bonchev–Trinajstić information content (AvgIpc) is 3.81. The minimum atomic E-state index is -0.813. The van der Waals surface area contributed by atoms with Crippen LogP contribution in [0.15, 0.2) is 24.5 Å². The molecule has 2 N–H and O–H groups in total.